The van der Waals surface area contributed by atoms with Gasteiger partial charge >= 0.3 is 0 Å². The van der Waals surface area contributed by atoms with Crippen molar-refractivity contribution in [2.75, 3.05) is 12.9 Å². The first-order valence-electron chi connectivity index (χ1n) is 6.09. The molecule has 2 nitrogen and oxygen atoms in total. The molecule has 4 heteroatoms. The molecule has 0 bridgehead atoms. The molecular formula is C16H21ClN2S. The summed E-state index contributed by atoms with van der Waals surface area (Å²) in [5.41, 5.74) is 0. The quantitative estimate of drug-likeness (QED) is 0.301. The van der Waals surface area contributed by atoms with Crippen molar-refractivity contribution in [3.63, 3.8) is 0 Å². The number of alkyl halides is 1. The van der Waals surface area contributed by atoms with Crippen molar-refractivity contribution in [3.8, 4) is 0 Å². The summed E-state index contributed by atoms with van der Waals surface area (Å²) in [7, 11) is 1.74. The third kappa shape index (κ3) is 10.5. The van der Waals surface area contributed by atoms with Crippen molar-refractivity contribution >= 4 is 29.2 Å². The molecule has 0 radical (unpaired) electrons. The zero-order valence-electron chi connectivity index (χ0n) is 12.0. The van der Waals surface area contributed by atoms with Crippen LogP contribution in [0.5, 0.6) is 0 Å². The largest absolute Gasteiger partial charge is 0.351 e. The van der Waals surface area contributed by atoms with Gasteiger partial charge in [0, 0.05) is 28.9 Å². The summed E-state index contributed by atoms with van der Waals surface area (Å²) in [5, 5.41) is 3.03. The lowest BCUT2D eigenvalue weighted by atomic mass is 10.4. The van der Waals surface area contributed by atoms with Gasteiger partial charge in [0.25, 0.3) is 0 Å². The molecule has 0 amide bonds. The number of nitrogens with one attached hydrogen (secondary N) is 1. The molecule has 0 spiro atoms. The van der Waals surface area contributed by atoms with Gasteiger partial charge in [0.15, 0.2) is 0 Å². The van der Waals surface area contributed by atoms with E-state index in [1.807, 2.05) is 49.6 Å². The van der Waals surface area contributed by atoms with E-state index in [9.17, 15) is 0 Å². The summed E-state index contributed by atoms with van der Waals surface area (Å²) in [4.78, 5) is 5.96. The first-order chi connectivity index (χ1) is 9.63. The van der Waals surface area contributed by atoms with E-state index in [-0.39, 0.29) is 0 Å². The molecule has 1 N–H and O–H groups in total. The van der Waals surface area contributed by atoms with Crippen molar-refractivity contribution in [3.05, 3.63) is 71.7 Å². The second kappa shape index (κ2) is 12.6. The summed E-state index contributed by atoms with van der Waals surface area (Å²) in [6, 6.07) is 0. The van der Waals surface area contributed by atoms with Crippen molar-refractivity contribution < 1.29 is 0 Å². The van der Waals surface area contributed by atoms with Crippen LogP contribution in [0.4, 0.5) is 0 Å². The lowest BCUT2D eigenvalue weighted by Gasteiger charge is -2.00. The Hall–Kier alpha value is -1.45. The Balaban J connectivity index is 4.36. The van der Waals surface area contributed by atoms with E-state index in [0.29, 0.717) is 5.88 Å². The van der Waals surface area contributed by atoms with Crippen LogP contribution >= 0.6 is 23.4 Å². The molecular weight excluding hydrogens is 288 g/mol. The van der Waals surface area contributed by atoms with Gasteiger partial charge in [-0.2, -0.15) is 0 Å². The van der Waals surface area contributed by atoms with Gasteiger partial charge in [-0.05, 0) is 25.2 Å². The fourth-order valence-electron chi connectivity index (χ4n) is 1.04. The normalized spacial score (nSPS) is 13.6. The van der Waals surface area contributed by atoms with Crippen molar-refractivity contribution in [1.82, 2.24) is 5.32 Å². The topological polar surface area (TPSA) is 24.4 Å². The van der Waals surface area contributed by atoms with Crippen LogP contribution in [0.2, 0.25) is 0 Å². The highest BCUT2D eigenvalue weighted by Crippen LogP contribution is 2.26. The van der Waals surface area contributed by atoms with Gasteiger partial charge in [0.2, 0.25) is 0 Å². The zero-order valence-corrected chi connectivity index (χ0v) is 13.5. The fraction of sp³-hybridized carbons (Fsp3) is 0.188. The van der Waals surface area contributed by atoms with Crippen molar-refractivity contribution in [2.24, 2.45) is 4.99 Å². The lowest BCUT2D eigenvalue weighted by Crippen LogP contribution is -2.11. The number of rotatable bonds is 8. The predicted octanol–water partition coefficient (Wildman–Crippen LogP) is 4.81. The fourth-order valence-corrected chi connectivity index (χ4v) is 1.90. The van der Waals surface area contributed by atoms with Crippen molar-refractivity contribution in [1.29, 1.82) is 0 Å². The van der Waals surface area contributed by atoms with Gasteiger partial charge in [0.1, 0.15) is 0 Å². The Morgan fingerprint density at radius 2 is 2.10 bits per heavy atom. The van der Waals surface area contributed by atoms with Crippen LogP contribution in [0.1, 0.15) is 6.92 Å². The van der Waals surface area contributed by atoms with Gasteiger partial charge in [0.05, 0.1) is 5.84 Å². The molecule has 0 fully saturated rings. The van der Waals surface area contributed by atoms with Crippen LogP contribution in [-0.2, 0) is 0 Å². The number of allylic oxidation sites excluding steroid dienone is 7. The molecule has 0 aromatic heterocycles. The second-order valence-corrected chi connectivity index (χ2v) is 5.11. The first kappa shape index (κ1) is 18.6. The first-order valence-corrected chi connectivity index (χ1v) is 7.44. The Labute approximate surface area is 131 Å². The average Bonchev–Trinajstić information content (AvgIpc) is 2.44. The molecule has 0 aliphatic carbocycles. The smallest absolute Gasteiger partial charge is 0.0967 e. The standard InChI is InChI=1S/C16H21ClN2S/c1-5-9-16(11-8-12-17)20-14(2)10-6-7-13-19-15(3)18-4/h5-11,13H,1-2,12H2,3-4H3,(H,18,19)/b10-6+,11-8-,13-7-,16-9+. The monoisotopic (exact) mass is 308 g/mol. The number of aliphatic imine (C=N–C) groups is 1. The minimum Gasteiger partial charge on any atom is -0.351 e. The minimum atomic E-state index is 0.490. The number of amidine groups is 1. The molecule has 0 unspecified atom stereocenters. The molecule has 0 aliphatic heterocycles. The molecule has 0 rings (SSSR count). The van der Waals surface area contributed by atoms with Crippen molar-refractivity contribution in [2.45, 2.75) is 6.92 Å². The Kier molecular flexibility index (Phi) is 11.7. The summed E-state index contributed by atoms with van der Waals surface area (Å²) >= 11 is 7.19. The maximum absolute atomic E-state index is 5.63. The van der Waals surface area contributed by atoms with Gasteiger partial charge < -0.3 is 5.32 Å². The highest BCUT2D eigenvalue weighted by atomic mass is 35.5. The molecule has 0 saturated heterocycles. The van der Waals surface area contributed by atoms with Gasteiger partial charge in [-0.15, -0.1) is 11.6 Å². The zero-order chi connectivity index (χ0) is 15.2. The lowest BCUT2D eigenvalue weighted by molar-refractivity contribution is 1.21. The molecule has 0 saturated carbocycles. The third-order valence-electron chi connectivity index (χ3n) is 2.02. The van der Waals surface area contributed by atoms with E-state index in [2.05, 4.69) is 23.5 Å². The number of halogens is 1. The Morgan fingerprint density at radius 3 is 2.70 bits per heavy atom. The minimum absolute atomic E-state index is 0.490. The van der Waals surface area contributed by atoms with E-state index in [0.717, 1.165) is 15.6 Å². The van der Waals surface area contributed by atoms with Crippen LogP contribution in [0.15, 0.2) is 76.7 Å². The van der Waals surface area contributed by atoms with E-state index in [1.54, 1.807) is 24.9 Å². The summed E-state index contributed by atoms with van der Waals surface area (Å²) < 4.78 is 0. The maximum Gasteiger partial charge on any atom is 0.0967 e. The molecule has 0 aliphatic rings. The van der Waals surface area contributed by atoms with Crippen LogP contribution in [0.25, 0.3) is 0 Å². The molecule has 0 atom stereocenters. The van der Waals surface area contributed by atoms with Crippen LogP contribution in [0, 0.1) is 0 Å². The number of thioether (sulfide) groups is 1. The molecule has 0 aromatic rings. The number of hydrogen-bond acceptors (Lipinski definition) is 2. The highest BCUT2D eigenvalue weighted by Gasteiger charge is 1.94. The van der Waals surface area contributed by atoms with Gasteiger partial charge in [-0.1, -0.05) is 49.2 Å². The predicted molar refractivity (Wildman–Crippen MR) is 95.3 cm³/mol. The third-order valence-corrected chi connectivity index (χ3v) is 3.10. The number of hydrogen-bond donors (Lipinski definition) is 1. The van der Waals surface area contributed by atoms with Gasteiger partial charge in [-0.3, -0.25) is 4.99 Å². The van der Waals surface area contributed by atoms with Crippen LogP contribution in [0.3, 0.4) is 0 Å². The second-order valence-electron chi connectivity index (χ2n) is 3.60. The Bertz CT molecular complexity index is 457. The molecule has 0 aromatic carbocycles. The van der Waals surface area contributed by atoms with Crippen LogP contribution in [-0.4, -0.2) is 18.8 Å². The van der Waals surface area contributed by atoms with E-state index in [4.69, 9.17) is 11.6 Å². The maximum atomic E-state index is 5.63. The van der Waals surface area contributed by atoms with Crippen LogP contribution < -0.4 is 5.32 Å². The summed E-state index contributed by atoms with van der Waals surface area (Å²) in [6.45, 7) is 9.58. The van der Waals surface area contributed by atoms with Gasteiger partial charge in [-0.25, -0.2) is 0 Å². The Morgan fingerprint density at radius 1 is 1.35 bits per heavy atom. The highest BCUT2D eigenvalue weighted by molar-refractivity contribution is 8.07. The SMILES string of the molecule is C=C/C=C(\C=C/CCl)SC(=C)/C=C/C=C\NC(C)=NC. The summed E-state index contributed by atoms with van der Waals surface area (Å²) in [5.74, 6) is 1.36. The molecule has 108 valence electrons. The van der Waals surface area contributed by atoms with E-state index >= 15 is 0 Å². The molecule has 0 heterocycles. The van der Waals surface area contributed by atoms with E-state index in [1.165, 1.54) is 0 Å². The van der Waals surface area contributed by atoms with E-state index < -0.39 is 0 Å². The summed E-state index contributed by atoms with van der Waals surface area (Å²) in [6.07, 6.45) is 15.1. The molecule has 20 heavy (non-hydrogen) atoms. The average molecular weight is 309 g/mol. The number of nitrogens with zero attached hydrogens (tertiary/aromatic N) is 1.